The van der Waals surface area contributed by atoms with Crippen LogP contribution in [0.2, 0.25) is 0 Å². The SMILES string of the molecule is CCCCCCCCCCNC(=NC)NCc1nncn1C.I. The van der Waals surface area contributed by atoms with Crippen LogP contribution in [0.5, 0.6) is 0 Å². The molecule has 0 amide bonds. The number of halogens is 1. The molecule has 0 unspecified atom stereocenters. The Bertz CT molecular complexity index is 418. The molecular weight excluding hydrogens is 403 g/mol. The molecule has 0 aliphatic rings. The number of hydrogen-bond acceptors (Lipinski definition) is 3. The van der Waals surface area contributed by atoms with Gasteiger partial charge in [0.25, 0.3) is 0 Å². The third-order valence-corrected chi connectivity index (χ3v) is 3.77. The van der Waals surface area contributed by atoms with Gasteiger partial charge in [0.1, 0.15) is 6.33 Å². The summed E-state index contributed by atoms with van der Waals surface area (Å²) in [5, 5.41) is 14.5. The molecule has 23 heavy (non-hydrogen) atoms. The number of rotatable bonds is 11. The molecule has 0 aliphatic carbocycles. The Kier molecular flexibility index (Phi) is 14.2. The minimum Gasteiger partial charge on any atom is -0.356 e. The Morgan fingerprint density at radius 3 is 2.30 bits per heavy atom. The Morgan fingerprint density at radius 1 is 1.09 bits per heavy atom. The van der Waals surface area contributed by atoms with E-state index in [0.29, 0.717) is 6.54 Å². The number of aliphatic imine (C=N–C) groups is 1. The molecule has 0 aromatic carbocycles. The first-order chi connectivity index (χ1) is 10.8. The lowest BCUT2D eigenvalue weighted by atomic mass is 10.1. The molecule has 134 valence electrons. The highest BCUT2D eigenvalue weighted by atomic mass is 127. The van der Waals surface area contributed by atoms with E-state index in [-0.39, 0.29) is 24.0 Å². The zero-order valence-corrected chi connectivity index (χ0v) is 17.2. The van der Waals surface area contributed by atoms with Crippen LogP contribution in [0, 0.1) is 0 Å². The van der Waals surface area contributed by atoms with Crippen molar-refractivity contribution in [2.45, 2.75) is 64.8 Å². The van der Waals surface area contributed by atoms with Gasteiger partial charge in [-0.05, 0) is 6.42 Å². The van der Waals surface area contributed by atoms with E-state index in [1.807, 2.05) is 11.6 Å². The van der Waals surface area contributed by atoms with Crippen LogP contribution < -0.4 is 10.6 Å². The zero-order valence-electron chi connectivity index (χ0n) is 14.8. The van der Waals surface area contributed by atoms with Gasteiger partial charge in [-0.25, -0.2) is 0 Å². The van der Waals surface area contributed by atoms with Crippen molar-refractivity contribution < 1.29 is 0 Å². The fourth-order valence-electron chi connectivity index (χ4n) is 2.32. The van der Waals surface area contributed by atoms with Crippen LogP contribution in [0.1, 0.15) is 64.1 Å². The van der Waals surface area contributed by atoms with Crippen molar-refractivity contribution in [1.29, 1.82) is 0 Å². The molecule has 7 heteroatoms. The Balaban J connectivity index is 0.00000484. The summed E-state index contributed by atoms with van der Waals surface area (Å²) >= 11 is 0. The molecule has 0 fully saturated rings. The number of aromatic nitrogens is 3. The highest BCUT2D eigenvalue weighted by Gasteiger charge is 2.02. The van der Waals surface area contributed by atoms with Gasteiger partial charge in [0.15, 0.2) is 11.8 Å². The van der Waals surface area contributed by atoms with E-state index >= 15 is 0 Å². The van der Waals surface area contributed by atoms with Crippen molar-refractivity contribution in [1.82, 2.24) is 25.4 Å². The quantitative estimate of drug-likeness (QED) is 0.242. The molecule has 0 saturated heterocycles. The van der Waals surface area contributed by atoms with Crippen LogP contribution in [-0.2, 0) is 13.6 Å². The summed E-state index contributed by atoms with van der Waals surface area (Å²) in [7, 11) is 3.73. The Hall–Kier alpha value is -0.860. The smallest absolute Gasteiger partial charge is 0.191 e. The van der Waals surface area contributed by atoms with Gasteiger partial charge in [-0.2, -0.15) is 0 Å². The monoisotopic (exact) mass is 436 g/mol. The van der Waals surface area contributed by atoms with E-state index in [0.717, 1.165) is 18.3 Å². The minimum absolute atomic E-state index is 0. The molecule has 1 aromatic heterocycles. The second kappa shape index (κ2) is 14.7. The van der Waals surface area contributed by atoms with E-state index in [4.69, 9.17) is 0 Å². The molecule has 6 nitrogen and oxygen atoms in total. The number of nitrogens with one attached hydrogen (secondary N) is 2. The van der Waals surface area contributed by atoms with Gasteiger partial charge in [-0.3, -0.25) is 4.99 Å². The van der Waals surface area contributed by atoms with E-state index in [1.165, 1.54) is 51.4 Å². The number of hydrogen-bond donors (Lipinski definition) is 2. The van der Waals surface area contributed by atoms with Gasteiger partial charge in [-0.1, -0.05) is 51.9 Å². The fraction of sp³-hybridized carbons (Fsp3) is 0.812. The zero-order chi connectivity index (χ0) is 16.0. The maximum absolute atomic E-state index is 4.22. The number of aryl methyl sites for hydroxylation is 1. The lowest BCUT2D eigenvalue weighted by Crippen LogP contribution is -2.37. The summed E-state index contributed by atoms with van der Waals surface area (Å²) < 4.78 is 1.90. The molecule has 0 aliphatic heterocycles. The fourth-order valence-corrected chi connectivity index (χ4v) is 2.32. The predicted molar refractivity (Wildman–Crippen MR) is 107 cm³/mol. The molecule has 0 spiro atoms. The summed E-state index contributed by atoms with van der Waals surface area (Å²) in [5.41, 5.74) is 0. The number of unbranched alkanes of at least 4 members (excludes halogenated alkanes) is 7. The van der Waals surface area contributed by atoms with Gasteiger partial charge in [-0.15, -0.1) is 34.2 Å². The molecule has 2 N–H and O–H groups in total. The largest absolute Gasteiger partial charge is 0.356 e. The Labute approximate surface area is 158 Å². The van der Waals surface area contributed by atoms with E-state index in [9.17, 15) is 0 Å². The molecule has 1 rings (SSSR count). The maximum atomic E-state index is 4.22. The van der Waals surface area contributed by atoms with Crippen molar-refractivity contribution >= 4 is 29.9 Å². The topological polar surface area (TPSA) is 67.1 Å². The van der Waals surface area contributed by atoms with Crippen molar-refractivity contribution in [2.75, 3.05) is 13.6 Å². The van der Waals surface area contributed by atoms with Crippen LogP contribution in [0.3, 0.4) is 0 Å². The first kappa shape index (κ1) is 22.1. The molecule has 0 atom stereocenters. The van der Waals surface area contributed by atoms with E-state index < -0.39 is 0 Å². The van der Waals surface area contributed by atoms with Gasteiger partial charge < -0.3 is 15.2 Å². The minimum atomic E-state index is 0. The lowest BCUT2D eigenvalue weighted by molar-refractivity contribution is 0.571. The van der Waals surface area contributed by atoms with Crippen LogP contribution in [-0.4, -0.2) is 34.3 Å². The van der Waals surface area contributed by atoms with Crippen LogP contribution in [0.15, 0.2) is 11.3 Å². The summed E-state index contributed by atoms with van der Waals surface area (Å²) in [6.45, 7) is 3.86. The molecule has 1 heterocycles. The molecule has 0 bridgehead atoms. The predicted octanol–water partition coefficient (Wildman–Crippen LogP) is 3.24. The van der Waals surface area contributed by atoms with Crippen LogP contribution in [0.4, 0.5) is 0 Å². The first-order valence-electron chi connectivity index (χ1n) is 8.55. The van der Waals surface area contributed by atoms with Crippen molar-refractivity contribution in [3.63, 3.8) is 0 Å². The average molecular weight is 436 g/mol. The van der Waals surface area contributed by atoms with Gasteiger partial charge >= 0.3 is 0 Å². The lowest BCUT2D eigenvalue weighted by Gasteiger charge is -2.11. The van der Waals surface area contributed by atoms with Crippen LogP contribution >= 0.6 is 24.0 Å². The summed E-state index contributed by atoms with van der Waals surface area (Å²) in [6.07, 6.45) is 12.4. The van der Waals surface area contributed by atoms with Gasteiger partial charge in [0, 0.05) is 20.6 Å². The summed E-state index contributed by atoms with van der Waals surface area (Å²) in [5.74, 6) is 1.72. The molecule has 0 radical (unpaired) electrons. The molecular formula is C16H33IN6. The first-order valence-corrected chi connectivity index (χ1v) is 8.55. The molecule has 0 saturated carbocycles. The highest BCUT2D eigenvalue weighted by Crippen LogP contribution is 2.07. The summed E-state index contributed by atoms with van der Waals surface area (Å²) in [6, 6.07) is 0. The normalized spacial score (nSPS) is 11.2. The highest BCUT2D eigenvalue weighted by molar-refractivity contribution is 14.0. The summed E-state index contributed by atoms with van der Waals surface area (Å²) in [4.78, 5) is 4.22. The van der Waals surface area contributed by atoms with E-state index in [2.05, 4.69) is 32.7 Å². The average Bonchev–Trinajstić information content (AvgIpc) is 2.94. The van der Waals surface area contributed by atoms with Crippen molar-refractivity contribution in [2.24, 2.45) is 12.0 Å². The number of guanidine groups is 1. The Morgan fingerprint density at radius 2 is 1.74 bits per heavy atom. The van der Waals surface area contributed by atoms with E-state index in [1.54, 1.807) is 13.4 Å². The maximum Gasteiger partial charge on any atom is 0.191 e. The molecule has 1 aromatic rings. The second-order valence-electron chi connectivity index (χ2n) is 5.69. The van der Waals surface area contributed by atoms with Crippen molar-refractivity contribution in [3.8, 4) is 0 Å². The van der Waals surface area contributed by atoms with Crippen molar-refractivity contribution in [3.05, 3.63) is 12.2 Å². The standard InChI is InChI=1S/C16H32N6.HI/c1-4-5-6-7-8-9-10-11-12-18-16(17-2)19-13-15-21-20-14-22(15)3;/h14H,4-13H2,1-3H3,(H2,17,18,19);1H. The number of nitrogens with zero attached hydrogens (tertiary/aromatic N) is 4. The van der Waals surface area contributed by atoms with Gasteiger partial charge in [0.05, 0.1) is 6.54 Å². The third-order valence-electron chi connectivity index (χ3n) is 3.77. The third kappa shape index (κ3) is 10.5. The van der Waals surface area contributed by atoms with Gasteiger partial charge in [0.2, 0.25) is 0 Å². The van der Waals surface area contributed by atoms with Crippen LogP contribution in [0.25, 0.3) is 0 Å². The second-order valence-corrected chi connectivity index (χ2v) is 5.69.